The molecular weight excluding hydrogens is 186 g/mol. The lowest BCUT2D eigenvalue weighted by atomic mass is 9.89. The Bertz CT molecular complexity index is 152. The van der Waals surface area contributed by atoms with E-state index in [-0.39, 0.29) is 0 Å². The summed E-state index contributed by atoms with van der Waals surface area (Å²) in [6, 6.07) is 0. The Morgan fingerprint density at radius 3 is 2.33 bits per heavy atom. The van der Waals surface area contributed by atoms with Crippen LogP contribution in [0.1, 0.15) is 59.3 Å². The van der Waals surface area contributed by atoms with Gasteiger partial charge < -0.3 is 10.1 Å². The third kappa shape index (κ3) is 3.76. The van der Waals surface area contributed by atoms with E-state index in [1.54, 1.807) is 0 Å². The van der Waals surface area contributed by atoms with Crippen LogP contribution >= 0.6 is 0 Å². The second-order valence-corrected chi connectivity index (χ2v) is 4.69. The van der Waals surface area contributed by atoms with Crippen molar-refractivity contribution in [2.24, 2.45) is 0 Å². The van der Waals surface area contributed by atoms with E-state index in [1.165, 1.54) is 38.5 Å². The van der Waals surface area contributed by atoms with E-state index in [4.69, 9.17) is 4.74 Å². The fraction of sp³-hybridized carbons (Fsp3) is 1.00. The standard InChI is InChI=1S/C13H27NO/c1-4-13(5-2,6-3)14-10-9-12-8-7-11-15-12/h12,14H,4-11H2,1-3H3. The highest BCUT2D eigenvalue weighted by molar-refractivity contribution is 4.84. The molecule has 0 aliphatic carbocycles. The van der Waals surface area contributed by atoms with Crippen LogP contribution in [0.4, 0.5) is 0 Å². The number of ether oxygens (including phenoxy) is 1. The van der Waals surface area contributed by atoms with Crippen LogP contribution in [0, 0.1) is 0 Å². The minimum absolute atomic E-state index is 0.374. The van der Waals surface area contributed by atoms with Gasteiger partial charge in [-0.2, -0.15) is 0 Å². The van der Waals surface area contributed by atoms with Crippen LogP contribution in [0.5, 0.6) is 0 Å². The van der Waals surface area contributed by atoms with Crippen molar-refractivity contribution in [3.63, 3.8) is 0 Å². The lowest BCUT2D eigenvalue weighted by Crippen LogP contribution is -2.44. The summed E-state index contributed by atoms with van der Waals surface area (Å²) in [7, 11) is 0. The number of hydrogen-bond donors (Lipinski definition) is 1. The minimum Gasteiger partial charge on any atom is -0.378 e. The summed E-state index contributed by atoms with van der Waals surface area (Å²) in [6.07, 6.45) is 7.91. The predicted octanol–water partition coefficient (Wildman–Crippen LogP) is 3.11. The Morgan fingerprint density at radius 1 is 1.20 bits per heavy atom. The van der Waals surface area contributed by atoms with Crippen LogP contribution in [0.15, 0.2) is 0 Å². The molecule has 0 amide bonds. The molecule has 0 aromatic heterocycles. The maximum Gasteiger partial charge on any atom is 0.0588 e. The Kier molecular flexibility index (Phi) is 5.62. The number of hydrogen-bond acceptors (Lipinski definition) is 2. The van der Waals surface area contributed by atoms with Crippen molar-refractivity contribution < 1.29 is 4.74 Å². The van der Waals surface area contributed by atoms with Crippen LogP contribution in [0.3, 0.4) is 0 Å². The molecule has 1 unspecified atom stereocenters. The van der Waals surface area contributed by atoms with E-state index in [1.807, 2.05) is 0 Å². The van der Waals surface area contributed by atoms with Crippen LogP contribution < -0.4 is 5.32 Å². The van der Waals surface area contributed by atoms with Gasteiger partial charge in [-0.3, -0.25) is 0 Å². The topological polar surface area (TPSA) is 21.3 Å². The van der Waals surface area contributed by atoms with Crippen LogP contribution in [0.2, 0.25) is 0 Å². The first kappa shape index (κ1) is 13.0. The molecule has 1 fully saturated rings. The van der Waals surface area contributed by atoms with Gasteiger partial charge in [-0.15, -0.1) is 0 Å². The summed E-state index contributed by atoms with van der Waals surface area (Å²) in [5.41, 5.74) is 0.374. The van der Waals surface area contributed by atoms with Gasteiger partial charge in [0.15, 0.2) is 0 Å². The molecule has 0 aromatic carbocycles. The SMILES string of the molecule is CCC(CC)(CC)NCCC1CCCO1. The molecule has 1 atom stereocenters. The lowest BCUT2D eigenvalue weighted by Gasteiger charge is -2.32. The maximum atomic E-state index is 5.63. The molecule has 1 N–H and O–H groups in total. The van der Waals surface area contributed by atoms with Crippen molar-refractivity contribution in [2.75, 3.05) is 13.2 Å². The molecule has 0 aromatic rings. The molecular formula is C13H27NO. The minimum atomic E-state index is 0.374. The summed E-state index contributed by atoms with van der Waals surface area (Å²) in [5.74, 6) is 0. The fourth-order valence-corrected chi connectivity index (χ4v) is 2.50. The molecule has 1 aliphatic rings. The molecule has 0 bridgehead atoms. The second-order valence-electron chi connectivity index (χ2n) is 4.69. The maximum absolute atomic E-state index is 5.63. The molecule has 2 nitrogen and oxygen atoms in total. The average molecular weight is 213 g/mol. The van der Waals surface area contributed by atoms with Gasteiger partial charge >= 0.3 is 0 Å². The summed E-state index contributed by atoms with van der Waals surface area (Å²) >= 11 is 0. The molecule has 1 rings (SSSR count). The molecule has 2 heteroatoms. The van der Waals surface area contributed by atoms with Crippen molar-refractivity contribution in [1.82, 2.24) is 5.32 Å². The highest BCUT2D eigenvalue weighted by Gasteiger charge is 2.23. The van der Waals surface area contributed by atoms with E-state index >= 15 is 0 Å². The van der Waals surface area contributed by atoms with Crippen molar-refractivity contribution in [3.8, 4) is 0 Å². The Labute approximate surface area is 94.8 Å². The van der Waals surface area contributed by atoms with Crippen molar-refractivity contribution in [2.45, 2.75) is 70.9 Å². The zero-order valence-electron chi connectivity index (χ0n) is 10.6. The van der Waals surface area contributed by atoms with E-state index < -0.39 is 0 Å². The van der Waals surface area contributed by atoms with E-state index in [2.05, 4.69) is 26.1 Å². The first-order valence-electron chi connectivity index (χ1n) is 6.63. The van der Waals surface area contributed by atoms with E-state index in [0.29, 0.717) is 11.6 Å². The van der Waals surface area contributed by atoms with Gasteiger partial charge in [0.25, 0.3) is 0 Å². The third-order valence-electron chi connectivity index (χ3n) is 4.02. The van der Waals surface area contributed by atoms with Crippen molar-refractivity contribution in [1.29, 1.82) is 0 Å². The summed E-state index contributed by atoms with van der Waals surface area (Å²) < 4.78 is 5.63. The summed E-state index contributed by atoms with van der Waals surface area (Å²) in [5, 5.41) is 3.73. The molecule has 1 saturated heterocycles. The molecule has 15 heavy (non-hydrogen) atoms. The second kappa shape index (κ2) is 6.49. The van der Waals surface area contributed by atoms with Gasteiger partial charge in [-0.25, -0.2) is 0 Å². The molecule has 90 valence electrons. The first-order chi connectivity index (χ1) is 7.26. The van der Waals surface area contributed by atoms with Gasteiger partial charge in [0.1, 0.15) is 0 Å². The number of rotatable bonds is 7. The van der Waals surface area contributed by atoms with Gasteiger partial charge in [-0.05, 0) is 45.1 Å². The van der Waals surface area contributed by atoms with Gasteiger partial charge in [0.05, 0.1) is 6.10 Å². The Balaban J connectivity index is 2.21. The van der Waals surface area contributed by atoms with Crippen molar-refractivity contribution >= 4 is 0 Å². The zero-order chi connectivity index (χ0) is 11.1. The van der Waals surface area contributed by atoms with Crippen LogP contribution in [-0.2, 0) is 4.74 Å². The molecule has 1 aliphatic heterocycles. The fourth-order valence-electron chi connectivity index (χ4n) is 2.50. The Hall–Kier alpha value is -0.0800. The molecule has 0 saturated carbocycles. The average Bonchev–Trinajstić information content (AvgIpc) is 2.78. The van der Waals surface area contributed by atoms with Crippen LogP contribution in [0.25, 0.3) is 0 Å². The molecule has 1 heterocycles. The highest BCUT2D eigenvalue weighted by Crippen LogP contribution is 2.20. The smallest absolute Gasteiger partial charge is 0.0588 e. The van der Waals surface area contributed by atoms with Gasteiger partial charge in [0.2, 0.25) is 0 Å². The van der Waals surface area contributed by atoms with Crippen LogP contribution in [-0.4, -0.2) is 24.8 Å². The predicted molar refractivity (Wildman–Crippen MR) is 65.2 cm³/mol. The molecule has 0 radical (unpaired) electrons. The quantitative estimate of drug-likeness (QED) is 0.701. The van der Waals surface area contributed by atoms with E-state index in [9.17, 15) is 0 Å². The summed E-state index contributed by atoms with van der Waals surface area (Å²) in [6.45, 7) is 8.94. The molecule has 0 spiro atoms. The lowest BCUT2D eigenvalue weighted by molar-refractivity contribution is 0.101. The van der Waals surface area contributed by atoms with Gasteiger partial charge in [0, 0.05) is 12.1 Å². The van der Waals surface area contributed by atoms with Crippen molar-refractivity contribution in [3.05, 3.63) is 0 Å². The normalized spacial score (nSPS) is 22.2. The third-order valence-corrected chi connectivity index (χ3v) is 4.02. The highest BCUT2D eigenvalue weighted by atomic mass is 16.5. The Morgan fingerprint density at radius 2 is 1.87 bits per heavy atom. The van der Waals surface area contributed by atoms with E-state index in [0.717, 1.165) is 13.2 Å². The first-order valence-corrected chi connectivity index (χ1v) is 6.63. The zero-order valence-corrected chi connectivity index (χ0v) is 10.6. The largest absolute Gasteiger partial charge is 0.378 e. The van der Waals surface area contributed by atoms with Gasteiger partial charge in [-0.1, -0.05) is 20.8 Å². The monoisotopic (exact) mass is 213 g/mol. The number of nitrogens with one attached hydrogen (secondary N) is 1. The summed E-state index contributed by atoms with van der Waals surface area (Å²) in [4.78, 5) is 0.